The summed E-state index contributed by atoms with van der Waals surface area (Å²) in [6, 6.07) is 6.13. The molecular formula is C8H7INO3S. The van der Waals surface area contributed by atoms with Crippen molar-refractivity contribution in [2.45, 2.75) is 4.90 Å². The zero-order valence-corrected chi connectivity index (χ0v) is 10.0. The highest BCUT2D eigenvalue weighted by molar-refractivity contribution is 14.1. The predicted octanol–water partition coefficient (Wildman–Crippen LogP) is 0.930. The highest BCUT2D eigenvalue weighted by Crippen LogP contribution is 2.11. The summed E-state index contributed by atoms with van der Waals surface area (Å²) in [5.74, 6) is -0.844. The van der Waals surface area contributed by atoms with Crippen LogP contribution in [0, 0.1) is 10.5 Å². The molecule has 0 aromatic heterocycles. The molecule has 0 fully saturated rings. The van der Waals surface area contributed by atoms with E-state index in [1.807, 2.05) is 0 Å². The fourth-order valence-corrected chi connectivity index (χ4v) is 2.09. The molecule has 0 saturated heterocycles. The van der Waals surface area contributed by atoms with Gasteiger partial charge < -0.3 is 0 Å². The number of sulfonamides is 1. The van der Waals surface area contributed by atoms with E-state index in [4.69, 9.17) is 0 Å². The van der Waals surface area contributed by atoms with Crippen molar-refractivity contribution in [2.24, 2.45) is 0 Å². The smallest absolute Gasteiger partial charge is 0.264 e. The van der Waals surface area contributed by atoms with Crippen LogP contribution in [0.2, 0.25) is 0 Å². The Labute approximate surface area is 95.9 Å². The first-order valence-corrected chi connectivity index (χ1v) is 6.12. The van der Waals surface area contributed by atoms with Gasteiger partial charge in [-0.15, -0.1) is 0 Å². The summed E-state index contributed by atoms with van der Waals surface area (Å²) in [5, 5.41) is 0. The Morgan fingerprint density at radius 3 is 2.21 bits per heavy atom. The van der Waals surface area contributed by atoms with Crippen LogP contribution in [-0.2, 0) is 14.8 Å². The standard InChI is InChI=1S/C8H7INO3S/c1-6(11)10-14(12,13)8-4-2-7(9)3-5-8/h2-5H,1H2,(H,10,11). The Morgan fingerprint density at radius 2 is 1.79 bits per heavy atom. The Hall–Kier alpha value is -0.630. The largest absolute Gasteiger partial charge is 0.274 e. The van der Waals surface area contributed by atoms with Crippen LogP contribution in [0.15, 0.2) is 29.2 Å². The van der Waals surface area contributed by atoms with Gasteiger partial charge in [-0.3, -0.25) is 4.79 Å². The highest BCUT2D eigenvalue weighted by atomic mass is 127. The molecule has 6 heteroatoms. The van der Waals surface area contributed by atoms with Crippen LogP contribution in [-0.4, -0.2) is 14.3 Å². The molecule has 1 rings (SSSR count). The first kappa shape index (κ1) is 11.4. The second-order valence-electron chi connectivity index (χ2n) is 2.48. The number of amides is 1. The zero-order chi connectivity index (χ0) is 10.8. The molecule has 0 unspecified atom stereocenters. The molecule has 0 aliphatic carbocycles. The molecule has 1 aromatic rings. The highest BCUT2D eigenvalue weighted by Gasteiger charge is 2.14. The maximum atomic E-state index is 11.4. The molecule has 14 heavy (non-hydrogen) atoms. The third kappa shape index (κ3) is 2.95. The average Bonchev–Trinajstić information content (AvgIpc) is 2.02. The van der Waals surface area contributed by atoms with E-state index in [2.05, 4.69) is 29.5 Å². The van der Waals surface area contributed by atoms with Crippen LogP contribution in [0.1, 0.15) is 0 Å². The van der Waals surface area contributed by atoms with Crippen LogP contribution < -0.4 is 4.72 Å². The van der Waals surface area contributed by atoms with Gasteiger partial charge in [0.05, 0.1) is 4.90 Å². The van der Waals surface area contributed by atoms with Crippen LogP contribution in [0.3, 0.4) is 0 Å². The fourth-order valence-electron chi connectivity index (χ4n) is 0.823. The number of benzene rings is 1. The summed E-state index contributed by atoms with van der Waals surface area (Å²) in [6.45, 7) is 2.94. The van der Waals surface area contributed by atoms with Crippen LogP contribution >= 0.6 is 22.6 Å². The lowest BCUT2D eigenvalue weighted by Crippen LogP contribution is -2.28. The van der Waals surface area contributed by atoms with Crippen LogP contribution in [0.25, 0.3) is 0 Å². The number of carbonyl (C=O) groups is 1. The first-order chi connectivity index (χ1) is 6.42. The van der Waals surface area contributed by atoms with Crippen molar-refractivity contribution in [3.63, 3.8) is 0 Å². The summed E-state index contributed by atoms with van der Waals surface area (Å²) < 4.78 is 25.5. The number of halogens is 1. The summed E-state index contributed by atoms with van der Waals surface area (Å²) in [7, 11) is -3.74. The fraction of sp³-hybridized carbons (Fsp3) is 0. The van der Waals surface area contributed by atoms with Gasteiger partial charge in [0.15, 0.2) is 0 Å². The average molecular weight is 324 g/mol. The molecule has 1 N–H and O–H groups in total. The normalized spacial score (nSPS) is 11.0. The van der Waals surface area contributed by atoms with Gasteiger partial charge in [0.2, 0.25) is 5.91 Å². The summed E-state index contributed by atoms with van der Waals surface area (Å²) in [5.41, 5.74) is 0. The van der Waals surface area contributed by atoms with Gasteiger partial charge in [-0.05, 0) is 46.9 Å². The lowest BCUT2D eigenvalue weighted by atomic mass is 10.4. The van der Waals surface area contributed by atoms with Crippen LogP contribution in [0.4, 0.5) is 0 Å². The number of nitrogens with one attached hydrogen (secondary N) is 1. The lowest BCUT2D eigenvalue weighted by molar-refractivity contribution is -0.115. The van der Waals surface area contributed by atoms with E-state index in [0.29, 0.717) is 0 Å². The number of hydrogen-bond acceptors (Lipinski definition) is 3. The lowest BCUT2D eigenvalue weighted by Gasteiger charge is -2.03. The monoisotopic (exact) mass is 324 g/mol. The molecule has 1 radical (unpaired) electrons. The van der Waals surface area contributed by atoms with Crippen molar-refractivity contribution in [2.75, 3.05) is 0 Å². The molecule has 0 atom stereocenters. The Morgan fingerprint density at radius 1 is 1.29 bits per heavy atom. The Bertz CT molecular complexity index is 438. The topological polar surface area (TPSA) is 63.2 Å². The predicted molar refractivity (Wildman–Crippen MR) is 59.8 cm³/mol. The molecule has 4 nitrogen and oxygen atoms in total. The molecule has 0 bridgehead atoms. The number of hydrogen-bond donors (Lipinski definition) is 1. The molecule has 0 aliphatic rings. The van der Waals surface area contributed by atoms with Crippen molar-refractivity contribution in [1.29, 1.82) is 0 Å². The minimum Gasteiger partial charge on any atom is -0.274 e. The van der Waals surface area contributed by atoms with E-state index in [-0.39, 0.29) is 4.90 Å². The number of carbonyl (C=O) groups excluding carboxylic acids is 1. The van der Waals surface area contributed by atoms with Gasteiger partial charge in [0, 0.05) is 10.5 Å². The summed E-state index contributed by atoms with van der Waals surface area (Å²) in [4.78, 5) is 10.5. The van der Waals surface area contributed by atoms with Gasteiger partial charge in [-0.25, -0.2) is 13.1 Å². The molecule has 0 spiro atoms. The van der Waals surface area contributed by atoms with E-state index < -0.39 is 15.9 Å². The third-order valence-electron chi connectivity index (χ3n) is 1.37. The van der Waals surface area contributed by atoms with Crippen molar-refractivity contribution in [3.05, 3.63) is 34.8 Å². The molecule has 75 valence electrons. The van der Waals surface area contributed by atoms with Gasteiger partial charge >= 0.3 is 0 Å². The Balaban J connectivity index is 3.05. The third-order valence-corrected chi connectivity index (χ3v) is 3.48. The Kier molecular flexibility index (Phi) is 3.48. The summed E-state index contributed by atoms with van der Waals surface area (Å²) in [6.07, 6.45) is 0. The molecule has 0 saturated carbocycles. The molecular weight excluding hydrogens is 317 g/mol. The van der Waals surface area contributed by atoms with Crippen molar-refractivity contribution in [3.8, 4) is 0 Å². The SMILES string of the molecule is [CH2]C(=O)NS(=O)(=O)c1ccc(I)cc1. The maximum Gasteiger partial charge on any atom is 0.264 e. The van der Waals surface area contributed by atoms with E-state index in [0.717, 1.165) is 3.57 Å². The van der Waals surface area contributed by atoms with Gasteiger partial charge in [-0.1, -0.05) is 0 Å². The van der Waals surface area contributed by atoms with Crippen molar-refractivity contribution < 1.29 is 13.2 Å². The number of rotatable bonds is 2. The van der Waals surface area contributed by atoms with Crippen molar-refractivity contribution >= 4 is 38.5 Å². The molecule has 1 amide bonds. The van der Waals surface area contributed by atoms with E-state index in [1.165, 1.54) is 12.1 Å². The van der Waals surface area contributed by atoms with E-state index >= 15 is 0 Å². The second-order valence-corrected chi connectivity index (χ2v) is 5.41. The van der Waals surface area contributed by atoms with E-state index in [1.54, 1.807) is 16.9 Å². The van der Waals surface area contributed by atoms with Crippen molar-refractivity contribution in [1.82, 2.24) is 4.72 Å². The van der Waals surface area contributed by atoms with E-state index in [9.17, 15) is 13.2 Å². The van der Waals surface area contributed by atoms with Gasteiger partial charge in [0.25, 0.3) is 10.0 Å². The molecule has 1 aromatic carbocycles. The first-order valence-electron chi connectivity index (χ1n) is 3.56. The van der Waals surface area contributed by atoms with Gasteiger partial charge in [0.1, 0.15) is 0 Å². The zero-order valence-electron chi connectivity index (χ0n) is 7.03. The van der Waals surface area contributed by atoms with Gasteiger partial charge in [-0.2, -0.15) is 0 Å². The quantitative estimate of drug-likeness (QED) is 0.823. The second kappa shape index (κ2) is 4.26. The minimum atomic E-state index is -3.74. The summed E-state index contributed by atoms with van der Waals surface area (Å²) >= 11 is 2.06. The minimum absolute atomic E-state index is 0.0508. The molecule has 0 aliphatic heterocycles. The maximum absolute atomic E-state index is 11.4. The van der Waals surface area contributed by atoms with Crippen LogP contribution in [0.5, 0.6) is 0 Å². The molecule has 0 heterocycles.